The molecule has 21 heavy (non-hydrogen) atoms. The number of carbonyl (C=O) groups excluding carboxylic acids is 1. The number of halogens is 1. The second kappa shape index (κ2) is 6.13. The molecule has 0 aliphatic carbocycles. The lowest BCUT2D eigenvalue weighted by atomic mass is 10.2. The second-order valence-electron chi connectivity index (χ2n) is 4.85. The first-order valence-corrected chi connectivity index (χ1v) is 7.20. The topological polar surface area (TPSA) is 71.3 Å². The third-order valence-electron chi connectivity index (χ3n) is 3.02. The number of hydrogen-bond acceptors (Lipinski definition) is 2. The zero-order valence-corrected chi connectivity index (χ0v) is 13.2. The summed E-state index contributed by atoms with van der Waals surface area (Å²) in [6, 6.07) is 8.37. The van der Waals surface area contributed by atoms with Gasteiger partial charge in [0, 0.05) is 22.4 Å². The van der Waals surface area contributed by atoms with Crippen LogP contribution < -0.4 is 5.32 Å². The Hall–Kier alpha value is -2.08. The number of rotatable bonds is 4. The molecule has 0 saturated carbocycles. The fourth-order valence-electron chi connectivity index (χ4n) is 2.00. The van der Waals surface area contributed by atoms with Gasteiger partial charge in [-0.15, -0.1) is 0 Å². The zero-order chi connectivity index (χ0) is 15.6. The SMILES string of the molecule is CC(C)n1cccc1C(=O)Nc1ccc(Br)c(C(=O)O)c1. The second-order valence-corrected chi connectivity index (χ2v) is 5.70. The van der Waals surface area contributed by atoms with Crippen LogP contribution in [-0.4, -0.2) is 21.6 Å². The van der Waals surface area contributed by atoms with Crippen LogP contribution in [0.1, 0.15) is 40.7 Å². The third kappa shape index (κ3) is 3.33. The third-order valence-corrected chi connectivity index (χ3v) is 3.71. The number of aromatic nitrogens is 1. The number of carboxylic acids is 1. The molecule has 0 saturated heterocycles. The molecule has 2 rings (SSSR count). The molecule has 0 aliphatic rings. The zero-order valence-electron chi connectivity index (χ0n) is 11.6. The lowest BCUT2D eigenvalue weighted by Crippen LogP contribution is -2.18. The van der Waals surface area contributed by atoms with Crippen LogP contribution in [0.25, 0.3) is 0 Å². The first-order valence-electron chi connectivity index (χ1n) is 6.41. The predicted octanol–water partition coefficient (Wildman–Crippen LogP) is 3.78. The Morgan fingerprint density at radius 1 is 1.29 bits per heavy atom. The Morgan fingerprint density at radius 2 is 2.00 bits per heavy atom. The van der Waals surface area contributed by atoms with Crippen LogP contribution in [0.4, 0.5) is 5.69 Å². The van der Waals surface area contributed by atoms with Gasteiger partial charge in [0.15, 0.2) is 0 Å². The Morgan fingerprint density at radius 3 is 2.62 bits per heavy atom. The van der Waals surface area contributed by atoms with Crippen molar-refractivity contribution in [3.05, 3.63) is 52.3 Å². The maximum absolute atomic E-state index is 12.3. The van der Waals surface area contributed by atoms with E-state index in [2.05, 4.69) is 21.2 Å². The van der Waals surface area contributed by atoms with Gasteiger partial charge in [0.25, 0.3) is 5.91 Å². The Bertz CT molecular complexity index is 692. The van der Waals surface area contributed by atoms with Gasteiger partial charge >= 0.3 is 5.97 Å². The van der Waals surface area contributed by atoms with Crippen LogP contribution in [0.15, 0.2) is 41.0 Å². The molecule has 1 aromatic heterocycles. The molecule has 2 N–H and O–H groups in total. The molecule has 1 amide bonds. The van der Waals surface area contributed by atoms with Crippen molar-refractivity contribution >= 4 is 33.5 Å². The fraction of sp³-hybridized carbons (Fsp3) is 0.200. The molecule has 0 fully saturated rings. The highest BCUT2D eigenvalue weighted by Crippen LogP contribution is 2.22. The number of nitrogens with one attached hydrogen (secondary N) is 1. The van der Waals surface area contributed by atoms with E-state index in [1.807, 2.05) is 24.6 Å². The van der Waals surface area contributed by atoms with Gasteiger partial charge in [0.05, 0.1) is 5.56 Å². The van der Waals surface area contributed by atoms with E-state index in [-0.39, 0.29) is 17.5 Å². The average Bonchev–Trinajstić information content (AvgIpc) is 2.90. The normalized spacial score (nSPS) is 10.7. The van der Waals surface area contributed by atoms with E-state index in [4.69, 9.17) is 5.11 Å². The lowest BCUT2D eigenvalue weighted by molar-refractivity contribution is 0.0695. The molecule has 0 aliphatic heterocycles. The average molecular weight is 351 g/mol. The van der Waals surface area contributed by atoms with Crippen LogP contribution in [0.5, 0.6) is 0 Å². The highest BCUT2D eigenvalue weighted by molar-refractivity contribution is 9.10. The van der Waals surface area contributed by atoms with Crippen molar-refractivity contribution in [2.45, 2.75) is 19.9 Å². The van der Waals surface area contributed by atoms with Crippen LogP contribution >= 0.6 is 15.9 Å². The van der Waals surface area contributed by atoms with Crippen molar-refractivity contribution in [2.75, 3.05) is 5.32 Å². The van der Waals surface area contributed by atoms with E-state index in [9.17, 15) is 9.59 Å². The van der Waals surface area contributed by atoms with E-state index in [0.29, 0.717) is 15.9 Å². The summed E-state index contributed by atoms with van der Waals surface area (Å²) in [5.74, 6) is -1.32. The summed E-state index contributed by atoms with van der Waals surface area (Å²) in [7, 11) is 0. The van der Waals surface area contributed by atoms with E-state index in [1.54, 1.807) is 24.3 Å². The van der Waals surface area contributed by atoms with Crippen LogP contribution in [0.3, 0.4) is 0 Å². The van der Waals surface area contributed by atoms with Crippen LogP contribution in [0.2, 0.25) is 0 Å². The van der Waals surface area contributed by atoms with Crippen molar-refractivity contribution in [1.29, 1.82) is 0 Å². The van der Waals surface area contributed by atoms with Gasteiger partial charge in [-0.1, -0.05) is 0 Å². The maximum atomic E-state index is 12.3. The number of hydrogen-bond donors (Lipinski definition) is 2. The molecular weight excluding hydrogens is 336 g/mol. The number of amides is 1. The van der Waals surface area contributed by atoms with Gasteiger partial charge in [-0.25, -0.2) is 4.79 Å². The largest absolute Gasteiger partial charge is 0.478 e. The number of benzene rings is 1. The Labute approximate surface area is 130 Å². The smallest absolute Gasteiger partial charge is 0.336 e. The first kappa shape index (κ1) is 15.3. The minimum Gasteiger partial charge on any atom is -0.478 e. The number of carbonyl (C=O) groups is 2. The van der Waals surface area contributed by atoms with Crippen molar-refractivity contribution in [3.8, 4) is 0 Å². The summed E-state index contributed by atoms with van der Waals surface area (Å²) in [5.41, 5.74) is 1.08. The van der Waals surface area contributed by atoms with Gasteiger partial charge in [-0.05, 0) is 60.1 Å². The summed E-state index contributed by atoms with van der Waals surface area (Å²) in [6.07, 6.45) is 1.84. The summed E-state index contributed by atoms with van der Waals surface area (Å²) in [4.78, 5) is 23.4. The number of aromatic carboxylic acids is 1. The molecule has 6 heteroatoms. The van der Waals surface area contributed by atoms with Gasteiger partial charge < -0.3 is 15.0 Å². The molecule has 0 bridgehead atoms. The molecule has 110 valence electrons. The van der Waals surface area contributed by atoms with Crippen LogP contribution in [-0.2, 0) is 0 Å². The van der Waals surface area contributed by atoms with Crippen molar-refractivity contribution in [1.82, 2.24) is 4.57 Å². The molecule has 0 spiro atoms. The van der Waals surface area contributed by atoms with E-state index in [1.165, 1.54) is 6.07 Å². The molecule has 0 atom stereocenters. The molecule has 0 radical (unpaired) electrons. The van der Waals surface area contributed by atoms with E-state index in [0.717, 1.165) is 0 Å². The Balaban J connectivity index is 2.26. The number of anilines is 1. The molecule has 5 nitrogen and oxygen atoms in total. The summed E-state index contributed by atoms with van der Waals surface area (Å²) in [5, 5.41) is 11.8. The van der Waals surface area contributed by atoms with Gasteiger partial charge in [0.1, 0.15) is 5.69 Å². The quantitative estimate of drug-likeness (QED) is 0.881. The lowest BCUT2D eigenvalue weighted by Gasteiger charge is -2.13. The molecule has 1 heterocycles. The highest BCUT2D eigenvalue weighted by atomic mass is 79.9. The minimum absolute atomic E-state index is 0.104. The van der Waals surface area contributed by atoms with Crippen molar-refractivity contribution < 1.29 is 14.7 Å². The standard InChI is InChI=1S/C15H15BrN2O3/c1-9(2)18-7-3-4-13(18)14(19)17-10-5-6-12(16)11(8-10)15(20)21/h3-9H,1-2H3,(H,17,19)(H,20,21). The van der Waals surface area contributed by atoms with E-state index >= 15 is 0 Å². The van der Waals surface area contributed by atoms with Crippen molar-refractivity contribution in [2.24, 2.45) is 0 Å². The number of nitrogens with zero attached hydrogens (tertiary/aromatic N) is 1. The first-order chi connectivity index (χ1) is 9.90. The number of carboxylic acid groups (broad SMARTS) is 1. The predicted molar refractivity (Wildman–Crippen MR) is 83.9 cm³/mol. The van der Waals surface area contributed by atoms with Crippen molar-refractivity contribution in [3.63, 3.8) is 0 Å². The fourth-order valence-corrected chi connectivity index (χ4v) is 2.41. The van der Waals surface area contributed by atoms with E-state index < -0.39 is 5.97 Å². The molecule has 0 unspecified atom stereocenters. The van der Waals surface area contributed by atoms with Gasteiger partial charge in [0.2, 0.25) is 0 Å². The molecular formula is C15H15BrN2O3. The maximum Gasteiger partial charge on any atom is 0.336 e. The van der Waals surface area contributed by atoms with Crippen LogP contribution in [0, 0.1) is 0 Å². The summed E-state index contributed by atoms with van der Waals surface area (Å²) < 4.78 is 2.32. The monoisotopic (exact) mass is 350 g/mol. The summed E-state index contributed by atoms with van der Waals surface area (Å²) >= 11 is 3.17. The molecule has 1 aromatic carbocycles. The van der Waals surface area contributed by atoms with Gasteiger partial charge in [-0.3, -0.25) is 4.79 Å². The summed E-state index contributed by atoms with van der Waals surface area (Å²) in [6.45, 7) is 3.97. The highest BCUT2D eigenvalue weighted by Gasteiger charge is 2.14. The molecule has 2 aromatic rings. The minimum atomic E-state index is -1.05. The van der Waals surface area contributed by atoms with Gasteiger partial charge in [-0.2, -0.15) is 0 Å². The Kier molecular flexibility index (Phi) is 4.47.